The Kier molecular flexibility index (Phi) is 3.71. The number of aldehydes is 1. The van der Waals surface area contributed by atoms with Gasteiger partial charge >= 0.3 is 0 Å². The van der Waals surface area contributed by atoms with Crippen molar-refractivity contribution in [1.82, 2.24) is 0 Å². The van der Waals surface area contributed by atoms with Gasteiger partial charge in [-0.05, 0) is 23.1 Å². The summed E-state index contributed by atoms with van der Waals surface area (Å²) in [6.07, 6.45) is 2.01. The molecule has 2 aromatic carbocycles. The van der Waals surface area contributed by atoms with Crippen LogP contribution in [0.25, 0.3) is 0 Å². The number of benzene rings is 2. The Morgan fingerprint density at radius 2 is 1.71 bits per heavy atom. The summed E-state index contributed by atoms with van der Waals surface area (Å²) < 4.78 is 0. The average Bonchev–Trinajstić information content (AvgIpc) is 2.41. The third-order valence-electron chi connectivity index (χ3n) is 3.01. The maximum absolute atomic E-state index is 11.3. The Labute approximate surface area is 102 Å². The maximum atomic E-state index is 11.3. The van der Waals surface area contributed by atoms with Gasteiger partial charge in [0.25, 0.3) is 0 Å². The highest BCUT2D eigenvalue weighted by Crippen LogP contribution is 2.23. The number of carbonyl (C=O) groups excluding carboxylic acids is 1. The highest BCUT2D eigenvalue weighted by atomic mass is 16.1. The van der Waals surface area contributed by atoms with E-state index in [9.17, 15) is 4.79 Å². The molecule has 0 aliphatic rings. The third kappa shape index (κ3) is 2.62. The van der Waals surface area contributed by atoms with Crippen LogP contribution in [0.2, 0.25) is 0 Å². The summed E-state index contributed by atoms with van der Waals surface area (Å²) in [5.41, 5.74) is 3.39. The molecular weight excluding hydrogens is 208 g/mol. The smallest absolute Gasteiger partial charge is 0.131 e. The zero-order valence-electron chi connectivity index (χ0n) is 9.97. The SMILES string of the molecule is CCc1cccc(C(C=O)c2ccccc2)c1. The third-order valence-corrected chi connectivity index (χ3v) is 3.01. The summed E-state index contributed by atoms with van der Waals surface area (Å²) in [5, 5.41) is 0. The largest absolute Gasteiger partial charge is 0.302 e. The molecular formula is C16H16O. The molecule has 1 nitrogen and oxygen atoms in total. The van der Waals surface area contributed by atoms with Crippen LogP contribution in [0.15, 0.2) is 54.6 Å². The minimum absolute atomic E-state index is 0.150. The summed E-state index contributed by atoms with van der Waals surface area (Å²) in [5.74, 6) is -0.150. The Bertz CT molecular complexity index is 488. The van der Waals surface area contributed by atoms with Gasteiger partial charge in [0.05, 0.1) is 5.92 Å². The van der Waals surface area contributed by atoms with Gasteiger partial charge in [-0.1, -0.05) is 61.5 Å². The monoisotopic (exact) mass is 224 g/mol. The highest BCUT2D eigenvalue weighted by Gasteiger charge is 2.12. The molecule has 0 fully saturated rings. The van der Waals surface area contributed by atoms with E-state index < -0.39 is 0 Å². The molecule has 1 heteroatoms. The Balaban J connectivity index is 2.38. The number of hydrogen-bond acceptors (Lipinski definition) is 1. The number of carbonyl (C=O) groups is 1. The maximum Gasteiger partial charge on any atom is 0.131 e. The average molecular weight is 224 g/mol. The molecule has 0 N–H and O–H groups in total. The van der Waals surface area contributed by atoms with Crippen molar-refractivity contribution >= 4 is 6.29 Å². The van der Waals surface area contributed by atoms with Gasteiger partial charge in [0.2, 0.25) is 0 Å². The van der Waals surface area contributed by atoms with Crippen LogP contribution in [0.5, 0.6) is 0 Å². The predicted octanol–water partition coefficient (Wildman–Crippen LogP) is 3.58. The summed E-state index contributed by atoms with van der Waals surface area (Å²) in [6, 6.07) is 18.1. The lowest BCUT2D eigenvalue weighted by Crippen LogP contribution is -2.02. The van der Waals surface area contributed by atoms with Crippen LogP contribution in [0, 0.1) is 0 Å². The van der Waals surface area contributed by atoms with Crippen LogP contribution in [-0.2, 0) is 11.2 Å². The van der Waals surface area contributed by atoms with Gasteiger partial charge in [-0.25, -0.2) is 0 Å². The minimum atomic E-state index is -0.150. The van der Waals surface area contributed by atoms with Crippen molar-refractivity contribution < 1.29 is 4.79 Å². The van der Waals surface area contributed by atoms with Gasteiger partial charge in [0.15, 0.2) is 0 Å². The van der Waals surface area contributed by atoms with Crippen molar-refractivity contribution in [3.63, 3.8) is 0 Å². The molecule has 0 radical (unpaired) electrons. The molecule has 0 spiro atoms. The fraction of sp³-hybridized carbons (Fsp3) is 0.188. The van der Waals surface area contributed by atoms with Gasteiger partial charge in [0.1, 0.15) is 6.29 Å². The summed E-state index contributed by atoms with van der Waals surface area (Å²) in [4.78, 5) is 11.3. The Hall–Kier alpha value is -1.89. The molecule has 0 amide bonds. The van der Waals surface area contributed by atoms with Gasteiger partial charge in [-0.15, -0.1) is 0 Å². The van der Waals surface area contributed by atoms with E-state index >= 15 is 0 Å². The van der Waals surface area contributed by atoms with Crippen LogP contribution >= 0.6 is 0 Å². The topological polar surface area (TPSA) is 17.1 Å². The van der Waals surface area contributed by atoms with E-state index in [1.54, 1.807) is 0 Å². The van der Waals surface area contributed by atoms with Crippen molar-refractivity contribution in [2.24, 2.45) is 0 Å². The first-order chi connectivity index (χ1) is 8.35. The summed E-state index contributed by atoms with van der Waals surface area (Å²) in [7, 11) is 0. The second-order valence-corrected chi connectivity index (χ2v) is 4.12. The molecule has 86 valence electrons. The van der Waals surface area contributed by atoms with E-state index in [-0.39, 0.29) is 5.92 Å². The highest BCUT2D eigenvalue weighted by molar-refractivity contribution is 5.68. The van der Waals surface area contributed by atoms with Crippen molar-refractivity contribution in [3.05, 3.63) is 71.3 Å². The van der Waals surface area contributed by atoms with E-state index in [0.717, 1.165) is 23.8 Å². The van der Waals surface area contributed by atoms with E-state index in [4.69, 9.17) is 0 Å². The number of hydrogen-bond donors (Lipinski definition) is 0. The zero-order valence-corrected chi connectivity index (χ0v) is 9.97. The number of rotatable bonds is 4. The lowest BCUT2D eigenvalue weighted by molar-refractivity contribution is -0.108. The summed E-state index contributed by atoms with van der Waals surface area (Å²) in [6.45, 7) is 2.12. The minimum Gasteiger partial charge on any atom is -0.302 e. The fourth-order valence-corrected chi connectivity index (χ4v) is 2.02. The lowest BCUT2D eigenvalue weighted by Gasteiger charge is -2.12. The predicted molar refractivity (Wildman–Crippen MR) is 70.2 cm³/mol. The van der Waals surface area contributed by atoms with E-state index in [1.807, 2.05) is 42.5 Å². The summed E-state index contributed by atoms with van der Waals surface area (Å²) >= 11 is 0. The first-order valence-electron chi connectivity index (χ1n) is 5.94. The zero-order chi connectivity index (χ0) is 12.1. The molecule has 0 heterocycles. The molecule has 2 aromatic rings. The van der Waals surface area contributed by atoms with Crippen LogP contribution < -0.4 is 0 Å². The standard InChI is InChI=1S/C16H16O/c1-2-13-7-6-10-15(11-13)16(12-17)14-8-4-3-5-9-14/h3-12,16H,2H2,1H3. The van der Waals surface area contributed by atoms with Gasteiger partial charge in [-0.2, -0.15) is 0 Å². The molecule has 0 aliphatic carbocycles. The molecule has 0 aliphatic heterocycles. The van der Waals surface area contributed by atoms with Crippen molar-refractivity contribution in [2.45, 2.75) is 19.3 Å². The normalized spacial score (nSPS) is 12.1. The van der Waals surface area contributed by atoms with Crippen LogP contribution in [-0.4, -0.2) is 6.29 Å². The van der Waals surface area contributed by atoms with Crippen molar-refractivity contribution in [2.75, 3.05) is 0 Å². The molecule has 17 heavy (non-hydrogen) atoms. The van der Waals surface area contributed by atoms with Gasteiger partial charge < -0.3 is 4.79 Å². The molecule has 1 unspecified atom stereocenters. The second kappa shape index (κ2) is 5.44. The van der Waals surface area contributed by atoms with Crippen LogP contribution in [0.1, 0.15) is 29.5 Å². The molecule has 0 aromatic heterocycles. The van der Waals surface area contributed by atoms with E-state index in [1.165, 1.54) is 5.56 Å². The molecule has 0 bridgehead atoms. The van der Waals surface area contributed by atoms with E-state index in [0.29, 0.717) is 0 Å². The van der Waals surface area contributed by atoms with Crippen LogP contribution in [0.4, 0.5) is 0 Å². The van der Waals surface area contributed by atoms with Gasteiger partial charge in [0, 0.05) is 0 Å². The molecule has 0 saturated carbocycles. The van der Waals surface area contributed by atoms with Crippen LogP contribution in [0.3, 0.4) is 0 Å². The quantitative estimate of drug-likeness (QED) is 0.725. The molecule has 2 rings (SSSR count). The Morgan fingerprint density at radius 1 is 1.00 bits per heavy atom. The number of aryl methyl sites for hydroxylation is 1. The first kappa shape index (κ1) is 11.6. The van der Waals surface area contributed by atoms with Gasteiger partial charge in [-0.3, -0.25) is 0 Å². The Morgan fingerprint density at radius 3 is 2.35 bits per heavy atom. The lowest BCUT2D eigenvalue weighted by atomic mass is 9.91. The second-order valence-electron chi connectivity index (χ2n) is 4.12. The first-order valence-corrected chi connectivity index (χ1v) is 5.94. The van der Waals surface area contributed by atoms with Crippen molar-refractivity contribution in [1.29, 1.82) is 0 Å². The van der Waals surface area contributed by atoms with Crippen molar-refractivity contribution in [3.8, 4) is 0 Å². The molecule has 1 atom stereocenters. The molecule has 0 saturated heterocycles. The van der Waals surface area contributed by atoms with E-state index in [2.05, 4.69) is 19.1 Å². The fourth-order valence-electron chi connectivity index (χ4n) is 2.02.